The lowest BCUT2D eigenvalue weighted by molar-refractivity contribution is 0.589. The Morgan fingerprint density at radius 2 is 1.00 bits per heavy atom. The third kappa shape index (κ3) is 5.56. The SMILES string of the molecule is Cc1cc(C(C)(C)C)cc(C)c1N(c1ccc(Br)cc1)c1ccc(Nc2ccc(Br)cc2)cc1. The second-order valence-electron chi connectivity index (χ2n) is 9.70. The molecule has 4 rings (SSSR count). The van der Waals surface area contributed by atoms with Crippen LogP contribution >= 0.6 is 31.9 Å². The minimum atomic E-state index is 0.108. The van der Waals surface area contributed by atoms with Crippen molar-refractivity contribution in [2.24, 2.45) is 0 Å². The van der Waals surface area contributed by atoms with E-state index in [1.807, 2.05) is 12.1 Å². The molecular formula is C30H30Br2N2. The summed E-state index contributed by atoms with van der Waals surface area (Å²) in [5.41, 5.74) is 9.60. The van der Waals surface area contributed by atoms with Crippen molar-refractivity contribution in [2.45, 2.75) is 40.0 Å². The van der Waals surface area contributed by atoms with Gasteiger partial charge in [-0.2, -0.15) is 0 Å². The van der Waals surface area contributed by atoms with Gasteiger partial charge in [-0.3, -0.25) is 0 Å². The molecule has 0 bridgehead atoms. The van der Waals surface area contributed by atoms with Crippen LogP contribution in [-0.4, -0.2) is 0 Å². The quantitative estimate of drug-likeness (QED) is 0.254. The van der Waals surface area contributed by atoms with Crippen molar-refractivity contribution >= 4 is 60.3 Å². The zero-order valence-electron chi connectivity index (χ0n) is 20.3. The van der Waals surface area contributed by atoms with E-state index in [1.54, 1.807) is 0 Å². The Hall–Kier alpha value is -2.56. The van der Waals surface area contributed by atoms with E-state index >= 15 is 0 Å². The summed E-state index contributed by atoms with van der Waals surface area (Å²) in [7, 11) is 0. The molecule has 0 radical (unpaired) electrons. The van der Waals surface area contributed by atoms with Gasteiger partial charge >= 0.3 is 0 Å². The Morgan fingerprint density at radius 1 is 0.618 bits per heavy atom. The molecule has 4 aromatic carbocycles. The lowest BCUT2D eigenvalue weighted by atomic mass is 9.84. The Morgan fingerprint density at radius 3 is 1.44 bits per heavy atom. The number of nitrogens with zero attached hydrogens (tertiary/aromatic N) is 1. The third-order valence-electron chi connectivity index (χ3n) is 5.92. The van der Waals surface area contributed by atoms with Gasteiger partial charge in [0.2, 0.25) is 0 Å². The van der Waals surface area contributed by atoms with Crippen LogP contribution < -0.4 is 10.2 Å². The molecule has 4 aromatic rings. The normalized spacial score (nSPS) is 11.4. The second kappa shape index (κ2) is 9.97. The summed E-state index contributed by atoms with van der Waals surface area (Å²) in [5.74, 6) is 0. The molecule has 0 spiro atoms. The van der Waals surface area contributed by atoms with E-state index in [0.29, 0.717) is 0 Å². The van der Waals surface area contributed by atoms with Crippen molar-refractivity contribution in [3.63, 3.8) is 0 Å². The average Bonchev–Trinajstić information content (AvgIpc) is 2.79. The first-order valence-corrected chi connectivity index (χ1v) is 13.0. The summed E-state index contributed by atoms with van der Waals surface area (Å²) in [5, 5.41) is 3.49. The Kier molecular flexibility index (Phi) is 7.20. The number of aryl methyl sites for hydroxylation is 2. The first kappa shape index (κ1) is 24.6. The third-order valence-corrected chi connectivity index (χ3v) is 6.98. The Bertz CT molecular complexity index is 1250. The van der Waals surface area contributed by atoms with Crippen molar-refractivity contribution in [1.29, 1.82) is 0 Å². The lowest BCUT2D eigenvalue weighted by Gasteiger charge is -2.31. The van der Waals surface area contributed by atoms with Crippen molar-refractivity contribution in [1.82, 2.24) is 0 Å². The number of hydrogen-bond donors (Lipinski definition) is 1. The molecule has 0 aliphatic heterocycles. The zero-order valence-corrected chi connectivity index (χ0v) is 23.5. The largest absolute Gasteiger partial charge is 0.356 e. The van der Waals surface area contributed by atoms with Gasteiger partial charge in [-0.15, -0.1) is 0 Å². The summed E-state index contributed by atoms with van der Waals surface area (Å²) in [6, 6.07) is 30.0. The molecular weight excluding hydrogens is 548 g/mol. The van der Waals surface area contributed by atoms with Crippen molar-refractivity contribution in [3.8, 4) is 0 Å². The smallest absolute Gasteiger partial charge is 0.0520 e. The average molecular weight is 578 g/mol. The zero-order chi connectivity index (χ0) is 24.5. The molecule has 0 unspecified atom stereocenters. The highest BCUT2D eigenvalue weighted by atomic mass is 79.9. The topological polar surface area (TPSA) is 15.3 Å². The van der Waals surface area contributed by atoms with E-state index in [1.165, 1.54) is 22.4 Å². The minimum Gasteiger partial charge on any atom is -0.356 e. The first-order valence-electron chi connectivity index (χ1n) is 11.4. The standard InChI is InChI=1S/C30H30Br2N2/c1-20-18-22(30(3,4)5)19-21(2)29(20)34(27-14-8-24(32)9-15-27)28-16-12-26(13-17-28)33-25-10-6-23(31)7-11-25/h6-19,33H,1-5H3. The predicted molar refractivity (Wildman–Crippen MR) is 154 cm³/mol. The highest BCUT2D eigenvalue weighted by Crippen LogP contribution is 2.41. The number of halogens is 2. The van der Waals surface area contributed by atoms with Gasteiger partial charge in [-0.1, -0.05) is 64.8 Å². The monoisotopic (exact) mass is 576 g/mol. The molecule has 4 heteroatoms. The lowest BCUT2D eigenvalue weighted by Crippen LogP contribution is -2.16. The van der Waals surface area contributed by atoms with Gasteiger partial charge in [0.25, 0.3) is 0 Å². The van der Waals surface area contributed by atoms with E-state index in [2.05, 4.69) is 149 Å². The summed E-state index contributed by atoms with van der Waals surface area (Å²) in [6.07, 6.45) is 0. The highest BCUT2D eigenvalue weighted by Gasteiger charge is 2.21. The van der Waals surface area contributed by atoms with Gasteiger partial charge in [-0.25, -0.2) is 0 Å². The molecule has 0 heterocycles. The predicted octanol–water partition coefficient (Wildman–Crippen LogP) is 10.3. The van der Waals surface area contributed by atoms with Crippen LogP contribution in [0.3, 0.4) is 0 Å². The Balaban J connectivity index is 1.76. The van der Waals surface area contributed by atoms with E-state index in [0.717, 1.165) is 31.7 Å². The summed E-state index contributed by atoms with van der Waals surface area (Å²) >= 11 is 7.08. The number of hydrogen-bond acceptors (Lipinski definition) is 2. The van der Waals surface area contributed by atoms with Crippen LogP contribution in [0.4, 0.5) is 28.4 Å². The molecule has 0 aromatic heterocycles. The minimum absolute atomic E-state index is 0.108. The molecule has 34 heavy (non-hydrogen) atoms. The van der Waals surface area contributed by atoms with Gasteiger partial charge in [0.05, 0.1) is 5.69 Å². The molecule has 0 saturated heterocycles. The molecule has 2 nitrogen and oxygen atoms in total. The van der Waals surface area contributed by atoms with Crippen LogP contribution in [0, 0.1) is 13.8 Å². The molecule has 0 aliphatic rings. The summed E-state index contributed by atoms with van der Waals surface area (Å²) in [6.45, 7) is 11.2. The second-order valence-corrected chi connectivity index (χ2v) is 11.5. The van der Waals surface area contributed by atoms with E-state index in [-0.39, 0.29) is 5.41 Å². The molecule has 0 fully saturated rings. The van der Waals surface area contributed by atoms with Crippen LogP contribution in [0.5, 0.6) is 0 Å². The van der Waals surface area contributed by atoms with Crippen LogP contribution in [0.1, 0.15) is 37.5 Å². The first-order chi connectivity index (χ1) is 16.1. The number of anilines is 5. The van der Waals surface area contributed by atoms with Crippen LogP contribution in [-0.2, 0) is 5.41 Å². The molecule has 0 saturated carbocycles. The molecule has 0 aliphatic carbocycles. The molecule has 1 N–H and O–H groups in total. The van der Waals surface area contributed by atoms with E-state index in [9.17, 15) is 0 Å². The van der Waals surface area contributed by atoms with Crippen LogP contribution in [0.25, 0.3) is 0 Å². The van der Waals surface area contributed by atoms with Crippen molar-refractivity contribution in [3.05, 3.63) is 111 Å². The van der Waals surface area contributed by atoms with Gasteiger partial charge in [-0.05, 0) is 109 Å². The molecule has 0 amide bonds. The fourth-order valence-electron chi connectivity index (χ4n) is 4.13. The van der Waals surface area contributed by atoms with Crippen molar-refractivity contribution in [2.75, 3.05) is 10.2 Å². The van der Waals surface area contributed by atoms with E-state index < -0.39 is 0 Å². The maximum Gasteiger partial charge on any atom is 0.0520 e. The van der Waals surface area contributed by atoms with Gasteiger partial charge in [0.1, 0.15) is 0 Å². The summed E-state index contributed by atoms with van der Waals surface area (Å²) < 4.78 is 2.14. The fraction of sp³-hybridized carbons (Fsp3) is 0.200. The van der Waals surface area contributed by atoms with Gasteiger partial charge in [0, 0.05) is 31.7 Å². The van der Waals surface area contributed by atoms with Crippen molar-refractivity contribution < 1.29 is 0 Å². The van der Waals surface area contributed by atoms with Crippen LogP contribution in [0.15, 0.2) is 93.9 Å². The number of rotatable bonds is 5. The molecule has 174 valence electrons. The number of nitrogens with one attached hydrogen (secondary N) is 1. The highest BCUT2D eigenvalue weighted by molar-refractivity contribution is 9.10. The van der Waals surface area contributed by atoms with Gasteiger partial charge in [0.15, 0.2) is 0 Å². The maximum atomic E-state index is 3.58. The summed E-state index contributed by atoms with van der Waals surface area (Å²) in [4.78, 5) is 2.35. The van der Waals surface area contributed by atoms with Gasteiger partial charge < -0.3 is 10.2 Å². The number of benzene rings is 4. The fourth-order valence-corrected chi connectivity index (χ4v) is 4.66. The Labute approximate surface area is 220 Å². The molecule has 0 atom stereocenters. The maximum absolute atomic E-state index is 3.58. The van der Waals surface area contributed by atoms with Crippen LogP contribution in [0.2, 0.25) is 0 Å². The van der Waals surface area contributed by atoms with E-state index in [4.69, 9.17) is 0 Å².